The van der Waals surface area contributed by atoms with Crippen molar-refractivity contribution in [3.05, 3.63) is 65.2 Å². The minimum absolute atomic E-state index is 0.0205. The largest absolute Gasteiger partial charge is 0.416 e. The van der Waals surface area contributed by atoms with Gasteiger partial charge in [0.25, 0.3) is 0 Å². The highest BCUT2D eigenvalue weighted by Gasteiger charge is 2.34. The summed E-state index contributed by atoms with van der Waals surface area (Å²) < 4.78 is 65.1. The van der Waals surface area contributed by atoms with Crippen LogP contribution >= 0.6 is 0 Å². The summed E-state index contributed by atoms with van der Waals surface area (Å²) in [6.45, 7) is 2.83. The zero-order valence-electron chi connectivity index (χ0n) is 19.4. The van der Waals surface area contributed by atoms with Crippen LogP contribution in [-0.2, 0) is 32.3 Å². The SMILES string of the molecule is CC[C@H](C(=O)NC)N(Cc1cccc(C)c1)C(=O)CN(c1cccc(C(F)(F)F)c1)S(C)(=O)=O. The van der Waals surface area contributed by atoms with E-state index in [9.17, 15) is 31.2 Å². The predicted molar refractivity (Wildman–Crippen MR) is 124 cm³/mol. The highest BCUT2D eigenvalue weighted by atomic mass is 32.2. The molecule has 0 unspecified atom stereocenters. The van der Waals surface area contributed by atoms with Crippen molar-refractivity contribution in [2.45, 2.75) is 39.0 Å². The number of amides is 2. The molecule has 2 amide bonds. The van der Waals surface area contributed by atoms with Gasteiger partial charge in [0.1, 0.15) is 12.6 Å². The molecule has 0 aliphatic carbocycles. The van der Waals surface area contributed by atoms with Gasteiger partial charge in [-0.2, -0.15) is 13.2 Å². The minimum Gasteiger partial charge on any atom is -0.357 e. The summed E-state index contributed by atoms with van der Waals surface area (Å²) in [4.78, 5) is 27.1. The second-order valence-corrected chi connectivity index (χ2v) is 9.77. The maximum Gasteiger partial charge on any atom is 0.416 e. The summed E-state index contributed by atoms with van der Waals surface area (Å²) in [6, 6.07) is 10.1. The van der Waals surface area contributed by atoms with Gasteiger partial charge < -0.3 is 10.2 Å². The van der Waals surface area contributed by atoms with Crippen molar-refractivity contribution < 1.29 is 31.2 Å². The first kappa shape index (κ1) is 27.2. The summed E-state index contributed by atoms with van der Waals surface area (Å²) in [7, 11) is -2.71. The molecular formula is C23H28F3N3O4S. The van der Waals surface area contributed by atoms with Gasteiger partial charge in [0, 0.05) is 13.6 Å². The number of alkyl halides is 3. The third-order valence-electron chi connectivity index (χ3n) is 5.21. The second-order valence-electron chi connectivity index (χ2n) is 7.87. The standard InChI is InChI=1S/C23H28F3N3O4S/c1-5-20(22(31)27-3)28(14-17-9-6-8-16(2)12-17)21(30)15-29(34(4,32)33)19-11-7-10-18(13-19)23(24,25)26/h6-13,20H,5,14-15H2,1-4H3,(H,27,31)/t20-/m1/s1. The lowest BCUT2D eigenvalue weighted by atomic mass is 10.1. The van der Waals surface area contributed by atoms with Crippen LogP contribution in [0.4, 0.5) is 18.9 Å². The summed E-state index contributed by atoms with van der Waals surface area (Å²) in [5.74, 6) is -1.16. The Labute approximate surface area is 197 Å². The fourth-order valence-corrected chi connectivity index (χ4v) is 4.39. The molecule has 0 saturated carbocycles. The van der Waals surface area contributed by atoms with E-state index in [1.165, 1.54) is 18.0 Å². The van der Waals surface area contributed by atoms with Gasteiger partial charge in [-0.15, -0.1) is 0 Å². The van der Waals surface area contributed by atoms with Crippen LogP contribution in [0, 0.1) is 6.92 Å². The Kier molecular flexibility index (Phi) is 8.71. The van der Waals surface area contributed by atoms with E-state index in [1.807, 2.05) is 19.1 Å². The Hall–Kier alpha value is -3.08. The van der Waals surface area contributed by atoms with Gasteiger partial charge in [-0.3, -0.25) is 13.9 Å². The molecular weight excluding hydrogens is 471 g/mol. The molecule has 186 valence electrons. The number of hydrogen-bond donors (Lipinski definition) is 1. The van der Waals surface area contributed by atoms with Crippen LogP contribution < -0.4 is 9.62 Å². The second kappa shape index (κ2) is 10.9. The minimum atomic E-state index is -4.69. The number of rotatable bonds is 9. The highest BCUT2D eigenvalue weighted by molar-refractivity contribution is 7.92. The fraction of sp³-hybridized carbons (Fsp3) is 0.391. The number of hydrogen-bond acceptors (Lipinski definition) is 4. The van der Waals surface area contributed by atoms with E-state index >= 15 is 0 Å². The van der Waals surface area contributed by atoms with Crippen molar-refractivity contribution >= 4 is 27.5 Å². The van der Waals surface area contributed by atoms with Crippen LogP contribution in [0.3, 0.4) is 0 Å². The number of sulfonamides is 1. The molecule has 0 aliphatic rings. The van der Waals surface area contributed by atoms with Crippen molar-refractivity contribution in [2.24, 2.45) is 0 Å². The zero-order chi connectivity index (χ0) is 25.7. The van der Waals surface area contributed by atoms with E-state index in [0.29, 0.717) is 10.4 Å². The first-order valence-corrected chi connectivity index (χ1v) is 12.3. The molecule has 7 nitrogen and oxygen atoms in total. The molecule has 34 heavy (non-hydrogen) atoms. The summed E-state index contributed by atoms with van der Waals surface area (Å²) in [5.41, 5.74) is 0.314. The molecule has 1 N–H and O–H groups in total. The van der Waals surface area contributed by atoms with Crippen molar-refractivity contribution in [3.8, 4) is 0 Å². The summed E-state index contributed by atoms with van der Waals surface area (Å²) in [5, 5.41) is 2.50. The van der Waals surface area contributed by atoms with E-state index in [4.69, 9.17) is 0 Å². The third-order valence-corrected chi connectivity index (χ3v) is 6.35. The molecule has 11 heteroatoms. The number of nitrogens with one attached hydrogen (secondary N) is 1. The molecule has 2 aromatic rings. The topological polar surface area (TPSA) is 86.8 Å². The summed E-state index contributed by atoms with van der Waals surface area (Å²) in [6.07, 6.45) is -3.63. The van der Waals surface area contributed by atoms with Gasteiger partial charge in [0.05, 0.1) is 17.5 Å². The molecule has 2 aromatic carbocycles. The lowest BCUT2D eigenvalue weighted by molar-refractivity contribution is -0.140. The average molecular weight is 500 g/mol. The Bertz CT molecular complexity index is 1140. The Morgan fingerprint density at radius 2 is 1.74 bits per heavy atom. The molecule has 0 bridgehead atoms. The van der Waals surface area contributed by atoms with Gasteiger partial charge in [-0.25, -0.2) is 8.42 Å². The maximum atomic E-state index is 13.4. The van der Waals surface area contributed by atoms with Crippen molar-refractivity contribution in [2.75, 3.05) is 24.2 Å². The molecule has 0 aromatic heterocycles. The molecule has 0 saturated heterocycles. The number of carbonyl (C=O) groups is 2. The zero-order valence-corrected chi connectivity index (χ0v) is 20.2. The average Bonchev–Trinajstić information content (AvgIpc) is 2.75. The monoisotopic (exact) mass is 499 g/mol. The lowest BCUT2D eigenvalue weighted by Crippen LogP contribution is -2.51. The van der Waals surface area contributed by atoms with Crippen LogP contribution in [0.15, 0.2) is 48.5 Å². The van der Waals surface area contributed by atoms with E-state index in [1.54, 1.807) is 19.1 Å². The fourth-order valence-electron chi connectivity index (χ4n) is 3.54. The number of anilines is 1. The molecule has 1 atom stereocenters. The van der Waals surface area contributed by atoms with Crippen LogP contribution in [0.1, 0.15) is 30.0 Å². The predicted octanol–water partition coefficient (Wildman–Crippen LogP) is 3.33. The van der Waals surface area contributed by atoms with E-state index in [2.05, 4.69) is 5.32 Å². The molecule has 0 radical (unpaired) electrons. The van der Waals surface area contributed by atoms with Crippen LogP contribution in [0.2, 0.25) is 0 Å². The first-order valence-electron chi connectivity index (χ1n) is 10.5. The normalized spacial score (nSPS) is 12.7. The van der Waals surface area contributed by atoms with E-state index < -0.39 is 46.2 Å². The van der Waals surface area contributed by atoms with Crippen molar-refractivity contribution in [3.63, 3.8) is 0 Å². The molecule has 0 fully saturated rings. The van der Waals surface area contributed by atoms with Crippen LogP contribution in [-0.4, -0.2) is 51.0 Å². The number of halogens is 3. The van der Waals surface area contributed by atoms with Gasteiger partial charge in [0.15, 0.2) is 0 Å². The number of benzene rings is 2. The summed E-state index contributed by atoms with van der Waals surface area (Å²) >= 11 is 0. The molecule has 0 heterocycles. The van der Waals surface area contributed by atoms with Gasteiger partial charge in [-0.1, -0.05) is 42.8 Å². The Morgan fingerprint density at radius 1 is 1.09 bits per heavy atom. The Morgan fingerprint density at radius 3 is 2.26 bits per heavy atom. The molecule has 2 rings (SSSR count). The van der Waals surface area contributed by atoms with E-state index in [-0.39, 0.29) is 18.7 Å². The van der Waals surface area contributed by atoms with Gasteiger partial charge in [-0.05, 0) is 37.1 Å². The quantitative estimate of drug-likeness (QED) is 0.574. The van der Waals surface area contributed by atoms with E-state index in [0.717, 1.165) is 29.5 Å². The Balaban J connectivity index is 2.48. The maximum absolute atomic E-state index is 13.4. The van der Waals surface area contributed by atoms with Crippen molar-refractivity contribution in [1.82, 2.24) is 10.2 Å². The van der Waals surface area contributed by atoms with Gasteiger partial charge in [0.2, 0.25) is 21.8 Å². The van der Waals surface area contributed by atoms with Crippen LogP contribution in [0.25, 0.3) is 0 Å². The van der Waals surface area contributed by atoms with Crippen molar-refractivity contribution in [1.29, 1.82) is 0 Å². The third kappa shape index (κ3) is 6.96. The number of aryl methyl sites for hydroxylation is 1. The molecule has 0 spiro atoms. The number of carbonyl (C=O) groups excluding carboxylic acids is 2. The molecule has 0 aliphatic heterocycles. The smallest absolute Gasteiger partial charge is 0.357 e. The highest BCUT2D eigenvalue weighted by Crippen LogP contribution is 2.32. The van der Waals surface area contributed by atoms with Gasteiger partial charge >= 0.3 is 6.18 Å². The van der Waals surface area contributed by atoms with Crippen LogP contribution in [0.5, 0.6) is 0 Å². The first-order chi connectivity index (χ1) is 15.8. The number of nitrogens with zero attached hydrogens (tertiary/aromatic N) is 2. The number of likely N-dealkylation sites (N-methyl/N-ethyl adjacent to an activating group) is 1. The lowest BCUT2D eigenvalue weighted by Gasteiger charge is -2.32.